The summed E-state index contributed by atoms with van der Waals surface area (Å²) < 4.78 is 8.03. The molecule has 1 amide bonds. The summed E-state index contributed by atoms with van der Waals surface area (Å²) in [6.45, 7) is 0. The van der Waals surface area contributed by atoms with Crippen LogP contribution in [0.25, 0.3) is 17.1 Å². The summed E-state index contributed by atoms with van der Waals surface area (Å²) in [5.74, 6) is 1.24. The Hall–Kier alpha value is -3.14. The number of carbonyl (C=O) groups excluding carboxylic acids is 1. The van der Waals surface area contributed by atoms with E-state index in [1.807, 2.05) is 65.2 Å². The van der Waals surface area contributed by atoms with Crippen LogP contribution in [0.1, 0.15) is 5.56 Å². The van der Waals surface area contributed by atoms with Gasteiger partial charge in [-0.3, -0.25) is 9.36 Å². The fourth-order valence-electron chi connectivity index (χ4n) is 3.03. The highest BCUT2D eigenvalue weighted by molar-refractivity contribution is 9.10. The van der Waals surface area contributed by atoms with Crippen LogP contribution in [0.3, 0.4) is 0 Å². The van der Waals surface area contributed by atoms with Gasteiger partial charge in [0.05, 0.1) is 19.1 Å². The number of aromatic nitrogens is 3. The van der Waals surface area contributed by atoms with E-state index in [-0.39, 0.29) is 11.7 Å². The van der Waals surface area contributed by atoms with Crippen LogP contribution in [0.15, 0.2) is 87.5 Å². The molecule has 0 spiro atoms. The predicted molar refractivity (Wildman–Crippen MR) is 139 cm³/mol. The Kier molecular flexibility index (Phi) is 7.99. The second-order valence-electron chi connectivity index (χ2n) is 6.95. The number of methoxy groups -OCH3 is 1. The highest BCUT2D eigenvalue weighted by Gasteiger charge is 2.17. The summed E-state index contributed by atoms with van der Waals surface area (Å²) >= 11 is 10.8. The van der Waals surface area contributed by atoms with Crippen LogP contribution < -0.4 is 10.2 Å². The summed E-state index contributed by atoms with van der Waals surface area (Å²) in [6, 6.07) is 22.5. The first-order chi connectivity index (χ1) is 16.5. The van der Waals surface area contributed by atoms with E-state index in [0.717, 1.165) is 27.0 Å². The topological polar surface area (TPSA) is 81.4 Å². The highest BCUT2D eigenvalue weighted by atomic mass is 79.9. The van der Waals surface area contributed by atoms with Gasteiger partial charge in [-0.05, 0) is 54.6 Å². The number of hydrogen-bond donors (Lipinski definition) is 1. The molecule has 0 saturated heterocycles. The molecule has 10 heteroatoms. The Morgan fingerprint density at radius 3 is 2.56 bits per heavy atom. The Bertz CT molecular complexity index is 1310. The molecule has 0 aliphatic carbocycles. The lowest BCUT2D eigenvalue weighted by atomic mass is 10.2. The van der Waals surface area contributed by atoms with Gasteiger partial charge in [0.1, 0.15) is 5.75 Å². The van der Waals surface area contributed by atoms with Crippen molar-refractivity contribution in [2.45, 2.75) is 5.16 Å². The number of rotatable bonds is 8. The maximum Gasteiger partial charge on any atom is 0.250 e. The van der Waals surface area contributed by atoms with Crippen LogP contribution in [-0.2, 0) is 4.79 Å². The number of benzene rings is 3. The number of carbonyl (C=O) groups is 1. The molecule has 0 aliphatic rings. The van der Waals surface area contributed by atoms with Gasteiger partial charge in [-0.25, -0.2) is 5.43 Å². The van der Waals surface area contributed by atoms with Gasteiger partial charge in [0.25, 0.3) is 5.91 Å². The summed E-state index contributed by atoms with van der Waals surface area (Å²) in [7, 11) is 1.62. The summed E-state index contributed by atoms with van der Waals surface area (Å²) in [5, 5.41) is 13.9. The number of thioether (sulfide) groups is 1. The minimum absolute atomic E-state index is 0.113. The number of amides is 1. The molecular weight excluding hydrogens is 538 g/mol. The second kappa shape index (κ2) is 11.3. The standard InChI is InChI=1S/C24H19BrClN5O2S/c1-33-20-12-6-16(7-13-20)23-29-30-24(31(23)19-10-8-18(26)9-11-19)34-15-22(32)28-27-14-17-4-2-3-5-21(17)25/h2-14H,15H2,1H3,(H,28,32)/b27-14+. The molecule has 0 fully saturated rings. The third-order valence-corrected chi connectivity index (χ3v) is 6.60. The molecule has 0 radical (unpaired) electrons. The van der Waals surface area contributed by atoms with Crippen molar-refractivity contribution in [3.05, 3.63) is 87.9 Å². The molecule has 4 rings (SSSR count). The van der Waals surface area contributed by atoms with Crippen LogP contribution in [0.5, 0.6) is 5.75 Å². The van der Waals surface area contributed by atoms with Gasteiger partial charge in [-0.1, -0.05) is 57.5 Å². The fraction of sp³-hybridized carbons (Fsp3) is 0.0833. The molecule has 172 valence electrons. The molecule has 0 saturated carbocycles. The molecule has 7 nitrogen and oxygen atoms in total. The van der Waals surface area contributed by atoms with Gasteiger partial charge < -0.3 is 4.74 Å². The van der Waals surface area contributed by atoms with E-state index in [0.29, 0.717) is 16.0 Å². The summed E-state index contributed by atoms with van der Waals surface area (Å²) in [4.78, 5) is 12.4. The van der Waals surface area contributed by atoms with E-state index in [1.165, 1.54) is 11.8 Å². The molecule has 1 aromatic heterocycles. The molecule has 4 aromatic rings. The van der Waals surface area contributed by atoms with E-state index < -0.39 is 0 Å². The van der Waals surface area contributed by atoms with Gasteiger partial charge >= 0.3 is 0 Å². The van der Waals surface area contributed by atoms with Crippen molar-refractivity contribution < 1.29 is 9.53 Å². The third-order valence-electron chi connectivity index (χ3n) is 4.70. The Morgan fingerprint density at radius 1 is 1.12 bits per heavy atom. The molecule has 0 bridgehead atoms. The number of hydrogen-bond acceptors (Lipinski definition) is 6. The molecule has 34 heavy (non-hydrogen) atoms. The first-order valence-electron chi connectivity index (χ1n) is 10.1. The van der Waals surface area contributed by atoms with Gasteiger partial charge in [-0.15, -0.1) is 10.2 Å². The van der Waals surface area contributed by atoms with E-state index in [1.54, 1.807) is 25.5 Å². The minimum Gasteiger partial charge on any atom is -0.497 e. The Morgan fingerprint density at radius 2 is 1.85 bits per heavy atom. The molecule has 1 N–H and O–H groups in total. The summed E-state index contributed by atoms with van der Waals surface area (Å²) in [5.41, 5.74) is 5.10. The average molecular weight is 557 g/mol. The van der Waals surface area contributed by atoms with Crippen molar-refractivity contribution in [2.24, 2.45) is 5.10 Å². The number of hydrazone groups is 1. The first-order valence-corrected chi connectivity index (χ1v) is 12.3. The zero-order valence-electron chi connectivity index (χ0n) is 18.0. The fourth-order valence-corrected chi connectivity index (χ4v) is 4.29. The number of nitrogens with one attached hydrogen (secondary N) is 1. The average Bonchev–Trinajstić information content (AvgIpc) is 3.28. The van der Waals surface area contributed by atoms with E-state index >= 15 is 0 Å². The van der Waals surface area contributed by atoms with E-state index in [4.69, 9.17) is 16.3 Å². The zero-order chi connectivity index (χ0) is 23.9. The Labute approximate surface area is 214 Å². The molecule has 0 unspecified atom stereocenters. The monoisotopic (exact) mass is 555 g/mol. The van der Waals surface area contributed by atoms with Crippen LogP contribution in [0, 0.1) is 0 Å². The quantitative estimate of drug-likeness (QED) is 0.174. The van der Waals surface area contributed by atoms with E-state index in [2.05, 4.69) is 36.7 Å². The summed E-state index contributed by atoms with van der Waals surface area (Å²) in [6.07, 6.45) is 1.59. The molecule has 0 aliphatic heterocycles. The maximum atomic E-state index is 12.4. The van der Waals surface area contributed by atoms with Gasteiger partial charge in [0.2, 0.25) is 0 Å². The minimum atomic E-state index is -0.259. The molecular formula is C24H19BrClN5O2S. The second-order valence-corrected chi connectivity index (χ2v) is 9.18. The lowest BCUT2D eigenvalue weighted by molar-refractivity contribution is -0.118. The smallest absolute Gasteiger partial charge is 0.250 e. The van der Waals surface area contributed by atoms with Gasteiger partial charge in [0.15, 0.2) is 11.0 Å². The van der Waals surface area contributed by atoms with Crippen molar-refractivity contribution in [3.63, 3.8) is 0 Å². The molecule has 1 heterocycles. The lowest BCUT2D eigenvalue weighted by Crippen LogP contribution is -2.20. The lowest BCUT2D eigenvalue weighted by Gasteiger charge is -2.11. The normalized spacial score (nSPS) is 11.0. The number of ether oxygens (including phenoxy) is 1. The van der Waals surface area contributed by atoms with Crippen molar-refractivity contribution in [1.29, 1.82) is 0 Å². The van der Waals surface area contributed by atoms with Crippen LogP contribution in [0.2, 0.25) is 5.02 Å². The van der Waals surface area contributed by atoms with Gasteiger partial charge in [-0.2, -0.15) is 5.10 Å². The zero-order valence-corrected chi connectivity index (χ0v) is 21.1. The van der Waals surface area contributed by atoms with Crippen molar-refractivity contribution >= 4 is 51.4 Å². The first kappa shape index (κ1) is 24.0. The Balaban J connectivity index is 1.53. The maximum absolute atomic E-state index is 12.4. The predicted octanol–water partition coefficient (Wildman–Crippen LogP) is 5.60. The molecule has 0 atom stereocenters. The number of halogens is 2. The third kappa shape index (κ3) is 5.85. The van der Waals surface area contributed by atoms with Gasteiger partial charge in [0, 0.05) is 26.3 Å². The van der Waals surface area contributed by atoms with Crippen molar-refractivity contribution in [3.8, 4) is 22.8 Å². The van der Waals surface area contributed by atoms with Crippen molar-refractivity contribution in [2.75, 3.05) is 12.9 Å². The number of nitrogens with zero attached hydrogens (tertiary/aromatic N) is 4. The SMILES string of the molecule is COc1ccc(-c2nnc(SCC(=O)N/N=C/c3ccccc3Br)n2-c2ccc(Cl)cc2)cc1. The largest absolute Gasteiger partial charge is 0.497 e. The highest BCUT2D eigenvalue weighted by Crippen LogP contribution is 2.29. The van der Waals surface area contributed by atoms with E-state index in [9.17, 15) is 4.79 Å². The van der Waals surface area contributed by atoms with Crippen molar-refractivity contribution in [1.82, 2.24) is 20.2 Å². The van der Waals surface area contributed by atoms with Crippen LogP contribution >= 0.6 is 39.3 Å². The molecule has 3 aromatic carbocycles. The van der Waals surface area contributed by atoms with Crippen LogP contribution in [-0.4, -0.2) is 39.7 Å². The van der Waals surface area contributed by atoms with Crippen LogP contribution in [0.4, 0.5) is 0 Å².